The lowest BCUT2D eigenvalue weighted by atomic mass is 10.1. The topological polar surface area (TPSA) is 43.4 Å². The molecule has 0 N–H and O–H groups in total. The third-order valence-electron chi connectivity index (χ3n) is 2.83. The van der Waals surface area contributed by atoms with Crippen molar-refractivity contribution in [3.05, 3.63) is 64.7 Å². The summed E-state index contributed by atoms with van der Waals surface area (Å²) < 4.78 is 5.56. The van der Waals surface area contributed by atoms with Crippen LogP contribution in [-0.4, -0.2) is 18.2 Å². The van der Waals surface area contributed by atoms with E-state index in [9.17, 15) is 9.59 Å². The normalized spacial score (nSPS) is 11.7. The molecule has 2 rings (SSSR count). The molecule has 0 aliphatic carbocycles. The van der Waals surface area contributed by atoms with E-state index in [4.69, 9.17) is 16.3 Å². The lowest BCUT2D eigenvalue weighted by molar-refractivity contribution is 0.0818. The first-order valence-electron chi connectivity index (χ1n) is 6.12. The van der Waals surface area contributed by atoms with Gasteiger partial charge in [-0.2, -0.15) is 0 Å². The van der Waals surface area contributed by atoms with E-state index in [-0.39, 0.29) is 5.78 Å². The first kappa shape index (κ1) is 14.3. The van der Waals surface area contributed by atoms with Crippen LogP contribution in [0.4, 0.5) is 0 Å². The van der Waals surface area contributed by atoms with Crippen LogP contribution < -0.4 is 4.74 Å². The van der Waals surface area contributed by atoms with Gasteiger partial charge in [0.15, 0.2) is 6.10 Å². The van der Waals surface area contributed by atoms with Crippen molar-refractivity contribution in [2.45, 2.75) is 13.0 Å². The molecule has 1 atom stereocenters. The van der Waals surface area contributed by atoms with E-state index < -0.39 is 6.10 Å². The van der Waals surface area contributed by atoms with Gasteiger partial charge < -0.3 is 4.74 Å². The fourth-order valence-corrected chi connectivity index (χ4v) is 1.86. The largest absolute Gasteiger partial charge is 0.483 e. The van der Waals surface area contributed by atoms with Crippen LogP contribution in [-0.2, 0) is 0 Å². The van der Waals surface area contributed by atoms with Crippen LogP contribution in [0.5, 0.6) is 5.75 Å². The van der Waals surface area contributed by atoms with Crippen LogP contribution in [0.2, 0.25) is 5.02 Å². The van der Waals surface area contributed by atoms with E-state index in [2.05, 4.69) is 0 Å². The van der Waals surface area contributed by atoms with Gasteiger partial charge in [0.1, 0.15) is 12.0 Å². The van der Waals surface area contributed by atoms with Crippen molar-refractivity contribution in [1.82, 2.24) is 0 Å². The molecule has 0 saturated carbocycles. The minimum Gasteiger partial charge on any atom is -0.483 e. The lowest BCUT2D eigenvalue weighted by Crippen LogP contribution is -2.23. The van der Waals surface area contributed by atoms with Gasteiger partial charge in [-0.25, -0.2) is 0 Å². The third kappa shape index (κ3) is 3.45. The first-order valence-corrected chi connectivity index (χ1v) is 6.49. The molecule has 0 aromatic heterocycles. The Morgan fingerprint density at radius 1 is 1.10 bits per heavy atom. The number of benzene rings is 2. The number of hydrogen-bond donors (Lipinski definition) is 0. The van der Waals surface area contributed by atoms with Crippen molar-refractivity contribution >= 4 is 23.7 Å². The average molecular weight is 289 g/mol. The molecule has 2 aromatic carbocycles. The minimum atomic E-state index is -0.613. The molecule has 0 radical (unpaired) electrons. The second-order valence-corrected chi connectivity index (χ2v) is 4.75. The number of ether oxygens (including phenoxy) is 1. The fraction of sp³-hybridized carbons (Fsp3) is 0.125. The highest BCUT2D eigenvalue weighted by molar-refractivity contribution is 6.30. The highest BCUT2D eigenvalue weighted by Crippen LogP contribution is 2.16. The molecule has 102 valence electrons. The molecule has 3 nitrogen and oxygen atoms in total. The van der Waals surface area contributed by atoms with E-state index in [1.165, 1.54) is 0 Å². The number of Topliss-reactive ketones (excluding diaryl/α,β-unsaturated/α-hetero) is 1. The molecule has 4 heteroatoms. The monoisotopic (exact) mass is 288 g/mol. The Hall–Kier alpha value is -2.13. The Bertz CT molecular complexity index is 603. The van der Waals surface area contributed by atoms with Crippen molar-refractivity contribution in [1.29, 1.82) is 0 Å². The van der Waals surface area contributed by atoms with Gasteiger partial charge in [-0.15, -0.1) is 0 Å². The van der Waals surface area contributed by atoms with E-state index in [0.29, 0.717) is 21.9 Å². The minimum absolute atomic E-state index is 0.124. The smallest absolute Gasteiger partial charge is 0.202 e. The summed E-state index contributed by atoms with van der Waals surface area (Å²) in [7, 11) is 0. The van der Waals surface area contributed by atoms with E-state index >= 15 is 0 Å². The van der Waals surface area contributed by atoms with E-state index in [1.807, 2.05) is 0 Å². The van der Waals surface area contributed by atoms with Crippen molar-refractivity contribution in [2.75, 3.05) is 0 Å². The Labute approximate surface area is 122 Å². The summed E-state index contributed by atoms with van der Waals surface area (Å²) in [6, 6.07) is 13.3. The number of rotatable bonds is 5. The predicted molar refractivity (Wildman–Crippen MR) is 77.7 cm³/mol. The molecule has 0 aliphatic heterocycles. The van der Waals surface area contributed by atoms with Crippen LogP contribution in [0, 0.1) is 0 Å². The van der Waals surface area contributed by atoms with Gasteiger partial charge in [0.05, 0.1) is 0 Å². The van der Waals surface area contributed by atoms with Crippen molar-refractivity contribution in [3.8, 4) is 5.75 Å². The Morgan fingerprint density at radius 2 is 1.70 bits per heavy atom. The van der Waals surface area contributed by atoms with Gasteiger partial charge in [-0.3, -0.25) is 9.59 Å². The second kappa shape index (κ2) is 6.35. The van der Waals surface area contributed by atoms with E-state index in [0.717, 1.165) is 6.29 Å². The highest BCUT2D eigenvalue weighted by Gasteiger charge is 2.16. The molecular weight excluding hydrogens is 276 g/mol. The van der Waals surface area contributed by atoms with Gasteiger partial charge >= 0.3 is 0 Å². The molecule has 0 saturated heterocycles. The quantitative estimate of drug-likeness (QED) is 0.621. The molecule has 0 fully saturated rings. The third-order valence-corrected chi connectivity index (χ3v) is 3.08. The Balaban J connectivity index is 2.06. The van der Waals surface area contributed by atoms with Crippen molar-refractivity contribution in [2.24, 2.45) is 0 Å². The van der Waals surface area contributed by atoms with Gasteiger partial charge in [-0.05, 0) is 55.5 Å². The van der Waals surface area contributed by atoms with Crippen LogP contribution >= 0.6 is 11.6 Å². The maximum absolute atomic E-state index is 12.2. The highest BCUT2D eigenvalue weighted by atomic mass is 35.5. The SMILES string of the molecule is CC(Oc1ccc(C=O)cc1)C(=O)c1ccc(Cl)cc1. The zero-order valence-electron chi connectivity index (χ0n) is 10.9. The lowest BCUT2D eigenvalue weighted by Gasteiger charge is -2.13. The molecule has 2 aromatic rings. The van der Waals surface area contributed by atoms with Crippen LogP contribution in [0.3, 0.4) is 0 Å². The number of halogens is 1. The molecule has 0 spiro atoms. The maximum Gasteiger partial charge on any atom is 0.202 e. The number of hydrogen-bond acceptors (Lipinski definition) is 3. The molecule has 20 heavy (non-hydrogen) atoms. The Morgan fingerprint density at radius 3 is 2.25 bits per heavy atom. The summed E-state index contributed by atoms with van der Waals surface area (Å²) in [6.07, 6.45) is 0.143. The fourth-order valence-electron chi connectivity index (χ4n) is 1.73. The molecular formula is C16H13ClO3. The van der Waals surface area contributed by atoms with Gasteiger partial charge in [0.2, 0.25) is 5.78 Å². The molecule has 0 heterocycles. The maximum atomic E-state index is 12.2. The van der Waals surface area contributed by atoms with Crippen LogP contribution in [0.15, 0.2) is 48.5 Å². The molecule has 1 unspecified atom stereocenters. The van der Waals surface area contributed by atoms with Gasteiger partial charge in [0.25, 0.3) is 0 Å². The summed E-state index contributed by atoms with van der Waals surface area (Å²) in [6.45, 7) is 1.69. The predicted octanol–water partition coefficient (Wildman–Crippen LogP) is 3.80. The number of carbonyl (C=O) groups is 2. The van der Waals surface area contributed by atoms with Crippen molar-refractivity contribution in [3.63, 3.8) is 0 Å². The van der Waals surface area contributed by atoms with Gasteiger partial charge in [-0.1, -0.05) is 11.6 Å². The summed E-state index contributed by atoms with van der Waals surface area (Å²) in [4.78, 5) is 22.7. The van der Waals surface area contributed by atoms with Gasteiger partial charge in [0, 0.05) is 16.1 Å². The molecule has 0 aliphatic rings. The number of carbonyl (C=O) groups excluding carboxylic acids is 2. The summed E-state index contributed by atoms with van der Waals surface area (Å²) in [5, 5.41) is 0.583. The standard InChI is InChI=1S/C16H13ClO3/c1-11(16(19)13-4-6-14(17)7-5-13)20-15-8-2-12(10-18)3-9-15/h2-11H,1H3. The van der Waals surface area contributed by atoms with Crippen molar-refractivity contribution < 1.29 is 14.3 Å². The van der Waals surface area contributed by atoms with Crippen LogP contribution in [0.25, 0.3) is 0 Å². The molecule has 0 amide bonds. The molecule has 0 bridgehead atoms. The zero-order valence-corrected chi connectivity index (χ0v) is 11.6. The zero-order chi connectivity index (χ0) is 14.5. The average Bonchev–Trinajstić information content (AvgIpc) is 2.48. The first-order chi connectivity index (χ1) is 9.60. The summed E-state index contributed by atoms with van der Waals surface area (Å²) in [5.41, 5.74) is 1.11. The Kier molecular flexibility index (Phi) is 4.53. The van der Waals surface area contributed by atoms with Crippen LogP contribution in [0.1, 0.15) is 27.6 Å². The number of aldehydes is 1. The second-order valence-electron chi connectivity index (χ2n) is 4.32. The summed E-state index contributed by atoms with van der Waals surface area (Å²) in [5.74, 6) is 0.423. The van der Waals surface area contributed by atoms with E-state index in [1.54, 1.807) is 55.5 Å². The number of ketones is 1. The summed E-state index contributed by atoms with van der Waals surface area (Å²) >= 11 is 5.78.